The Morgan fingerprint density at radius 2 is 1.36 bits per heavy atom. The quantitative estimate of drug-likeness (QED) is 0.556. The molecular weight excluding hydrogens is 319 g/mol. The molecular formula is C19H19BO5. The highest BCUT2D eigenvalue weighted by Crippen LogP contribution is 2.31. The molecule has 0 aromatic heterocycles. The highest BCUT2D eigenvalue weighted by molar-refractivity contribution is 6.86. The van der Waals surface area contributed by atoms with Gasteiger partial charge in [-0.25, -0.2) is 0 Å². The van der Waals surface area contributed by atoms with Crippen molar-refractivity contribution >= 4 is 17.8 Å². The van der Waals surface area contributed by atoms with E-state index in [0.717, 1.165) is 46.8 Å². The van der Waals surface area contributed by atoms with E-state index in [-0.39, 0.29) is 19.1 Å². The largest absolute Gasteiger partial charge is 0.491 e. The molecule has 5 rings (SSSR count). The summed E-state index contributed by atoms with van der Waals surface area (Å²) in [5.74, 6) is 1.71. The van der Waals surface area contributed by atoms with Crippen molar-refractivity contribution in [2.45, 2.75) is 12.2 Å². The van der Waals surface area contributed by atoms with Gasteiger partial charge in [-0.2, -0.15) is 0 Å². The van der Waals surface area contributed by atoms with E-state index in [2.05, 4.69) is 12.1 Å². The van der Waals surface area contributed by atoms with Crippen molar-refractivity contribution in [1.82, 2.24) is 0 Å². The van der Waals surface area contributed by atoms with Crippen LogP contribution in [-0.4, -0.2) is 52.7 Å². The van der Waals surface area contributed by atoms with Gasteiger partial charge in [-0.15, -0.1) is 0 Å². The van der Waals surface area contributed by atoms with Gasteiger partial charge >= 0.3 is 6.92 Å². The first-order chi connectivity index (χ1) is 12.3. The lowest BCUT2D eigenvalue weighted by Gasteiger charge is -2.15. The summed E-state index contributed by atoms with van der Waals surface area (Å²) in [6, 6.07) is 12.3. The third kappa shape index (κ3) is 2.80. The second-order valence-corrected chi connectivity index (χ2v) is 6.58. The second-order valence-electron chi connectivity index (χ2n) is 6.58. The van der Waals surface area contributed by atoms with Crippen molar-refractivity contribution in [3.05, 3.63) is 36.4 Å². The molecule has 2 fully saturated rings. The molecule has 2 aromatic carbocycles. The van der Waals surface area contributed by atoms with Crippen molar-refractivity contribution in [2.24, 2.45) is 0 Å². The summed E-state index contributed by atoms with van der Waals surface area (Å²) in [5, 5.41) is 0. The molecule has 0 bridgehead atoms. The minimum absolute atomic E-state index is 0.197. The van der Waals surface area contributed by atoms with Gasteiger partial charge in [0.2, 0.25) is 0 Å². The normalized spacial score (nSPS) is 22.4. The van der Waals surface area contributed by atoms with Crippen LogP contribution in [0, 0.1) is 0 Å². The Kier molecular flexibility index (Phi) is 3.70. The Morgan fingerprint density at radius 3 is 1.76 bits per heavy atom. The van der Waals surface area contributed by atoms with Crippen LogP contribution < -0.4 is 20.4 Å². The highest BCUT2D eigenvalue weighted by Gasteiger charge is 2.39. The molecule has 25 heavy (non-hydrogen) atoms. The molecule has 0 radical (unpaired) electrons. The van der Waals surface area contributed by atoms with Crippen LogP contribution in [0.5, 0.6) is 11.5 Å². The van der Waals surface area contributed by atoms with E-state index >= 15 is 0 Å². The molecule has 0 amide bonds. The topological polar surface area (TPSA) is 52.8 Å². The van der Waals surface area contributed by atoms with Gasteiger partial charge in [-0.05, 0) is 23.3 Å². The standard InChI is InChI=1S/C19H19BO5/c1-21-20-18-14(4-2-6-16(18)24-10-12-8-22-12)15-5-3-7-17(19(15)20)25-11-13-9-23-13/h2-7,12-13H,8-11H2,1H3. The van der Waals surface area contributed by atoms with E-state index < -0.39 is 0 Å². The highest BCUT2D eigenvalue weighted by atomic mass is 16.6. The smallest absolute Gasteiger partial charge is 0.370 e. The van der Waals surface area contributed by atoms with E-state index in [1.807, 2.05) is 24.3 Å². The van der Waals surface area contributed by atoms with Crippen molar-refractivity contribution in [3.63, 3.8) is 0 Å². The first-order valence-corrected chi connectivity index (χ1v) is 8.63. The Balaban J connectivity index is 1.52. The predicted octanol–water partition coefficient (Wildman–Crippen LogP) is 0.974. The molecule has 6 heteroatoms. The van der Waals surface area contributed by atoms with Gasteiger partial charge < -0.3 is 23.6 Å². The number of hydrogen-bond acceptors (Lipinski definition) is 5. The maximum absolute atomic E-state index is 6.02. The monoisotopic (exact) mass is 338 g/mol. The molecule has 0 N–H and O–H groups in total. The summed E-state index contributed by atoms with van der Waals surface area (Å²) in [6.45, 7) is 2.52. The fourth-order valence-corrected chi connectivity index (χ4v) is 3.42. The van der Waals surface area contributed by atoms with Crippen LogP contribution in [0.4, 0.5) is 0 Å². The number of rotatable bonds is 7. The van der Waals surface area contributed by atoms with E-state index in [1.165, 1.54) is 0 Å². The van der Waals surface area contributed by atoms with Gasteiger partial charge in [0.25, 0.3) is 0 Å². The maximum Gasteiger partial charge on any atom is 0.370 e. The van der Waals surface area contributed by atoms with Gasteiger partial charge in [0.05, 0.1) is 13.2 Å². The molecule has 0 saturated carbocycles. The molecule has 2 atom stereocenters. The molecule has 2 unspecified atom stereocenters. The van der Waals surface area contributed by atoms with E-state index in [9.17, 15) is 0 Å². The molecule has 3 heterocycles. The number of ether oxygens (including phenoxy) is 4. The Morgan fingerprint density at radius 1 is 0.880 bits per heavy atom. The third-order valence-electron chi connectivity index (χ3n) is 4.84. The zero-order valence-electron chi connectivity index (χ0n) is 14.1. The van der Waals surface area contributed by atoms with E-state index in [0.29, 0.717) is 13.2 Å². The average Bonchev–Trinajstić information content (AvgIpc) is 3.56. The van der Waals surface area contributed by atoms with Gasteiger partial charge in [0, 0.05) is 18.0 Å². The molecule has 3 aliphatic heterocycles. The van der Waals surface area contributed by atoms with Crippen LogP contribution in [0.1, 0.15) is 0 Å². The summed E-state index contributed by atoms with van der Waals surface area (Å²) in [4.78, 5) is 0. The zero-order chi connectivity index (χ0) is 16.8. The van der Waals surface area contributed by atoms with Crippen LogP contribution in [0.15, 0.2) is 36.4 Å². The molecule has 2 aromatic rings. The lowest BCUT2D eigenvalue weighted by molar-refractivity contribution is 0.263. The van der Waals surface area contributed by atoms with Crippen LogP contribution in [0.2, 0.25) is 0 Å². The summed E-state index contributed by atoms with van der Waals surface area (Å²) in [7, 11) is 1.73. The first-order valence-electron chi connectivity index (χ1n) is 8.63. The SMILES string of the molecule is COB1c2c(OCC3CO3)cccc2-c2cccc(OCC3CO3)c21. The summed E-state index contributed by atoms with van der Waals surface area (Å²) in [5.41, 5.74) is 4.42. The number of epoxide rings is 2. The molecule has 0 aliphatic carbocycles. The number of fused-ring (bicyclic) bond motifs is 3. The van der Waals surface area contributed by atoms with E-state index in [4.69, 9.17) is 23.6 Å². The maximum atomic E-state index is 6.02. The summed E-state index contributed by atoms with van der Waals surface area (Å²) < 4.78 is 28.4. The minimum Gasteiger partial charge on any atom is -0.491 e. The Hall–Kier alpha value is -2.02. The van der Waals surface area contributed by atoms with Gasteiger partial charge in [0.1, 0.15) is 36.9 Å². The summed E-state index contributed by atoms with van der Waals surface area (Å²) >= 11 is 0. The predicted molar refractivity (Wildman–Crippen MR) is 94.4 cm³/mol. The van der Waals surface area contributed by atoms with Gasteiger partial charge in [-0.3, -0.25) is 0 Å². The van der Waals surface area contributed by atoms with Gasteiger partial charge in [-0.1, -0.05) is 24.3 Å². The molecule has 5 nitrogen and oxygen atoms in total. The third-order valence-corrected chi connectivity index (χ3v) is 4.84. The fourth-order valence-electron chi connectivity index (χ4n) is 3.42. The van der Waals surface area contributed by atoms with Crippen molar-refractivity contribution < 1.29 is 23.6 Å². The Bertz CT molecular complexity index is 735. The van der Waals surface area contributed by atoms with E-state index in [1.54, 1.807) is 7.11 Å². The van der Waals surface area contributed by atoms with Crippen LogP contribution in [-0.2, 0) is 14.1 Å². The molecule has 2 saturated heterocycles. The number of hydrogen-bond donors (Lipinski definition) is 0. The number of benzene rings is 2. The van der Waals surface area contributed by atoms with Crippen LogP contribution >= 0.6 is 0 Å². The lowest BCUT2D eigenvalue weighted by Crippen LogP contribution is -2.42. The fraction of sp³-hybridized carbons (Fsp3) is 0.368. The minimum atomic E-state index is -0.197. The van der Waals surface area contributed by atoms with Crippen LogP contribution in [0.3, 0.4) is 0 Å². The van der Waals surface area contributed by atoms with Crippen molar-refractivity contribution in [2.75, 3.05) is 33.5 Å². The molecule has 128 valence electrons. The Labute approximate surface area is 146 Å². The average molecular weight is 338 g/mol. The second kappa shape index (κ2) is 6.06. The molecule has 3 aliphatic rings. The summed E-state index contributed by atoms with van der Waals surface area (Å²) in [6.07, 6.45) is 0.441. The zero-order valence-corrected chi connectivity index (χ0v) is 14.1. The van der Waals surface area contributed by atoms with Crippen LogP contribution in [0.25, 0.3) is 11.1 Å². The van der Waals surface area contributed by atoms with Crippen molar-refractivity contribution in [1.29, 1.82) is 0 Å². The first kappa shape index (κ1) is 15.3. The van der Waals surface area contributed by atoms with Crippen molar-refractivity contribution in [3.8, 4) is 22.6 Å². The van der Waals surface area contributed by atoms with Gasteiger partial charge in [0.15, 0.2) is 0 Å². The molecule has 0 spiro atoms. The lowest BCUT2D eigenvalue weighted by atomic mass is 9.58.